The van der Waals surface area contributed by atoms with Gasteiger partial charge in [-0.3, -0.25) is 4.79 Å². The largest absolute Gasteiger partial charge is 0.386 e. The van der Waals surface area contributed by atoms with Gasteiger partial charge in [0, 0.05) is 18.7 Å². The van der Waals surface area contributed by atoms with Crippen LogP contribution in [0.2, 0.25) is 0 Å². The second-order valence-corrected chi connectivity index (χ2v) is 4.18. The van der Waals surface area contributed by atoms with E-state index < -0.39 is 5.60 Å². The van der Waals surface area contributed by atoms with Gasteiger partial charge >= 0.3 is 0 Å². The van der Waals surface area contributed by atoms with E-state index in [9.17, 15) is 9.90 Å². The molecule has 1 aromatic rings. The topological polar surface area (TPSA) is 75.3 Å². The molecule has 1 rings (SSSR count). The molecule has 0 aliphatic carbocycles. The number of aliphatic hydroxyl groups is 1. The molecule has 0 unspecified atom stereocenters. The average molecular weight is 222 g/mol. The number of nitrogens with one attached hydrogen (secondary N) is 1. The first-order chi connectivity index (χ1) is 7.45. The van der Waals surface area contributed by atoms with Crippen molar-refractivity contribution in [3.63, 3.8) is 0 Å². The van der Waals surface area contributed by atoms with E-state index in [-0.39, 0.29) is 5.91 Å². The van der Waals surface area contributed by atoms with Crippen LogP contribution in [-0.2, 0) is 5.60 Å². The molecule has 0 radical (unpaired) electrons. The van der Waals surface area contributed by atoms with E-state index >= 15 is 0 Å². The van der Waals surface area contributed by atoms with Gasteiger partial charge in [0.05, 0.1) is 5.60 Å². The number of benzene rings is 1. The standard InChI is InChI=1S/C12H18N2O2/c1-12(2,16)10-5-3-4-9(8-10)11(15)14-7-6-13/h3-5,8,16H,6-7,13H2,1-2H3,(H,14,15). The van der Waals surface area contributed by atoms with Crippen molar-refractivity contribution in [2.75, 3.05) is 13.1 Å². The van der Waals surface area contributed by atoms with Gasteiger partial charge in [-0.2, -0.15) is 0 Å². The summed E-state index contributed by atoms with van der Waals surface area (Å²) in [6.07, 6.45) is 0. The highest BCUT2D eigenvalue weighted by Gasteiger charge is 2.17. The third kappa shape index (κ3) is 3.32. The maximum Gasteiger partial charge on any atom is 0.251 e. The third-order valence-electron chi connectivity index (χ3n) is 2.26. The number of carbonyl (C=O) groups excluding carboxylic acids is 1. The molecule has 0 atom stereocenters. The predicted molar refractivity (Wildman–Crippen MR) is 63.1 cm³/mol. The molecule has 4 N–H and O–H groups in total. The number of hydrogen-bond donors (Lipinski definition) is 3. The summed E-state index contributed by atoms with van der Waals surface area (Å²) in [5.41, 5.74) is 5.61. The van der Waals surface area contributed by atoms with Crippen LogP contribution in [0, 0.1) is 0 Å². The second kappa shape index (κ2) is 5.09. The van der Waals surface area contributed by atoms with Crippen LogP contribution in [0.25, 0.3) is 0 Å². The van der Waals surface area contributed by atoms with Gasteiger partial charge in [0.2, 0.25) is 0 Å². The Morgan fingerprint density at radius 3 is 2.75 bits per heavy atom. The molecule has 4 nitrogen and oxygen atoms in total. The summed E-state index contributed by atoms with van der Waals surface area (Å²) in [6.45, 7) is 4.23. The Balaban J connectivity index is 2.86. The van der Waals surface area contributed by atoms with Gasteiger partial charge in [-0.15, -0.1) is 0 Å². The summed E-state index contributed by atoms with van der Waals surface area (Å²) in [4.78, 5) is 11.6. The van der Waals surface area contributed by atoms with Crippen LogP contribution >= 0.6 is 0 Å². The highest BCUT2D eigenvalue weighted by atomic mass is 16.3. The highest BCUT2D eigenvalue weighted by Crippen LogP contribution is 2.20. The van der Waals surface area contributed by atoms with Gasteiger partial charge in [-0.05, 0) is 31.5 Å². The fourth-order valence-corrected chi connectivity index (χ4v) is 1.33. The fourth-order valence-electron chi connectivity index (χ4n) is 1.33. The van der Waals surface area contributed by atoms with Crippen molar-refractivity contribution in [1.29, 1.82) is 0 Å². The lowest BCUT2D eigenvalue weighted by atomic mass is 9.96. The Bertz CT molecular complexity index is 370. The molecule has 0 saturated carbocycles. The zero-order valence-corrected chi connectivity index (χ0v) is 9.66. The van der Waals surface area contributed by atoms with E-state index in [1.807, 2.05) is 0 Å². The van der Waals surface area contributed by atoms with Crippen molar-refractivity contribution in [2.24, 2.45) is 5.73 Å². The zero-order chi connectivity index (χ0) is 12.2. The van der Waals surface area contributed by atoms with Crippen LogP contribution in [0.15, 0.2) is 24.3 Å². The number of hydrogen-bond acceptors (Lipinski definition) is 3. The Morgan fingerprint density at radius 1 is 1.50 bits per heavy atom. The maximum atomic E-state index is 11.6. The lowest BCUT2D eigenvalue weighted by Crippen LogP contribution is -2.29. The Kier molecular flexibility index (Phi) is 4.04. The Labute approximate surface area is 95.5 Å². The molecule has 0 aliphatic rings. The summed E-state index contributed by atoms with van der Waals surface area (Å²) in [7, 11) is 0. The summed E-state index contributed by atoms with van der Waals surface area (Å²) in [5.74, 6) is -0.170. The molecule has 0 saturated heterocycles. The molecular formula is C12H18N2O2. The zero-order valence-electron chi connectivity index (χ0n) is 9.66. The van der Waals surface area contributed by atoms with Gasteiger partial charge in [-0.1, -0.05) is 12.1 Å². The van der Waals surface area contributed by atoms with Crippen molar-refractivity contribution >= 4 is 5.91 Å². The fraction of sp³-hybridized carbons (Fsp3) is 0.417. The molecule has 1 aromatic carbocycles. The minimum Gasteiger partial charge on any atom is -0.386 e. The smallest absolute Gasteiger partial charge is 0.251 e. The lowest BCUT2D eigenvalue weighted by Gasteiger charge is -2.18. The normalized spacial score (nSPS) is 11.2. The van der Waals surface area contributed by atoms with Crippen LogP contribution in [0.3, 0.4) is 0 Å². The summed E-state index contributed by atoms with van der Waals surface area (Å²) >= 11 is 0. The van der Waals surface area contributed by atoms with Crippen molar-refractivity contribution < 1.29 is 9.90 Å². The molecule has 16 heavy (non-hydrogen) atoms. The first-order valence-electron chi connectivity index (χ1n) is 5.26. The van der Waals surface area contributed by atoms with Crippen LogP contribution in [0.1, 0.15) is 29.8 Å². The van der Waals surface area contributed by atoms with Crippen molar-refractivity contribution in [2.45, 2.75) is 19.4 Å². The van der Waals surface area contributed by atoms with Gasteiger partial charge in [0.15, 0.2) is 0 Å². The molecule has 88 valence electrons. The van der Waals surface area contributed by atoms with E-state index in [1.165, 1.54) is 0 Å². The third-order valence-corrected chi connectivity index (χ3v) is 2.26. The summed E-state index contributed by atoms with van der Waals surface area (Å²) in [6, 6.07) is 6.94. The van der Waals surface area contributed by atoms with Gasteiger partial charge in [0.1, 0.15) is 0 Å². The van der Waals surface area contributed by atoms with Gasteiger partial charge in [-0.25, -0.2) is 0 Å². The highest BCUT2D eigenvalue weighted by molar-refractivity contribution is 5.94. The molecule has 0 aromatic heterocycles. The van der Waals surface area contributed by atoms with Crippen molar-refractivity contribution in [1.82, 2.24) is 5.32 Å². The van der Waals surface area contributed by atoms with Crippen LogP contribution in [-0.4, -0.2) is 24.1 Å². The van der Waals surface area contributed by atoms with E-state index in [1.54, 1.807) is 38.1 Å². The Morgan fingerprint density at radius 2 is 2.19 bits per heavy atom. The number of rotatable bonds is 4. The number of nitrogens with two attached hydrogens (primary N) is 1. The molecule has 0 bridgehead atoms. The predicted octanol–water partition coefficient (Wildman–Crippen LogP) is 0.603. The number of amides is 1. The van der Waals surface area contributed by atoms with Crippen molar-refractivity contribution in [3.8, 4) is 0 Å². The van der Waals surface area contributed by atoms with E-state index in [0.29, 0.717) is 24.2 Å². The maximum absolute atomic E-state index is 11.6. The van der Waals surface area contributed by atoms with Crippen LogP contribution in [0.5, 0.6) is 0 Å². The van der Waals surface area contributed by atoms with Gasteiger partial charge in [0.25, 0.3) is 5.91 Å². The van der Waals surface area contributed by atoms with E-state index in [0.717, 1.165) is 0 Å². The molecule has 0 aliphatic heterocycles. The SMILES string of the molecule is CC(C)(O)c1cccc(C(=O)NCCN)c1. The molecule has 0 fully saturated rings. The minimum atomic E-state index is -0.940. The lowest BCUT2D eigenvalue weighted by molar-refractivity contribution is 0.0784. The molecular weight excluding hydrogens is 204 g/mol. The first-order valence-corrected chi connectivity index (χ1v) is 5.26. The minimum absolute atomic E-state index is 0.170. The van der Waals surface area contributed by atoms with E-state index in [2.05, 4.69) is 5.32 Å². The summed E-state index contributed by atoms with van der Waals surface area (Å²) < 4.78 is 0. The van der Waals surface area contributed by atoms with E-state index in [4.69, 9.17) is 5.73 Å². The number of carbonyl (C=O) groups is 1. The molecule has 0 heterocycles. The van der Waals surface area contributed by atoms with Crippen LogP contribution < -0.4 is 11.1 Å². The quantitative estimate of drug-likeness (QED) is 0.698. The Hall–Kier alpha value is -1.39. The monoisotopic (exact) mass is 222 g/mol. The van der Waals surface area contributed by atoms with Crippen molar-refractivity contribution in [3.05, 3.63) is 35.4 Å². The first kappa shape index (κ1) is 12.7. The average Bonchev–Trinajstić information content (AvgIpc) is 2.25. The second-order valence-electron chi connectivity index (χ2n) is 4.18. The van der Waals surface area contributed by atoms with Crippen LogP contribution in [0.4, 0.5) is 0 Å². The summed E-state index contributed by atoms with van der Waals surface area (Å²) in [5, 5.41) is 12.5. The molecule has 1 amide bonds. The molecule has 0 spiro atoms. The van der Waals surface area contributed by atoms with Gasteiger partial charge < -0.3 is 16.2 Å². The molecule has 4 heteroatoms.